The molecule has 5 heteroatoms. The number of benzene rings is 1. The Morgan fingerprint density at radius 2 is 2.00 bits per heavy atom. The smallest absolute Gasteiger partial charge is 0.353 e. The van der Waals surface area contributed by atoms with Crippen LogP contribution in [0.15, 0.2) is 29.3 Å². The number of aliphatic carboxylic acids is 1. The number of hydrogen-bond acceptors (Lipinski definition) is 4. The van der Waals surface area contributed by atoms with Gasteiger partial charge in [0.15, 0.2) is 0 Å². The van der Waals surface area contributed by atoms with Crippen LogP contribution in [0.2, 0.25) is 0 Å². The highest BCUT2D eigenvalue weighted by Gasteiger charge is 2.47. The number of rotatable bonds is 5. The quantitative estimate of drug-likeness (QED) is 0.837. The number of aliphatic imine (C=N–C) groups is 1. The number of carbonyl (C=O) groups excluding carboxylic acids is 1. The van der Waals surface area contributed by atoms with Gasteiger partial charge in [-0.3, -0.25) is 4.79 Å². The average Bonchev–Trinajstić information content (AvgIpc) is 2.74. The zero-order chi connectivity index (χ0) is 14.8. The van der Waals surface area contributed by atoms with Gasteiger partial charge in [-0.1, -0.05) is 25.1 Å². The summed E-state index contributed by atoms with van der Waals surface area (Å²) in [5, 5.41) is 9.22. The van der Waals surface area contributed by atoms with E-state index in [1.54, 1.807) is 13.0 Å². The number of esters is 1. The molecule has 1 aliphatic rings. The lowest BCUT2D eigenvalue weighted by Gasteiger charge is -2.28. The van der Waals surface area contributed by atoms with Gasteiger partial charge < -0.3 is 9.84 Å². The van der Waals surface area contributed by atoms with E-state index in [1.165, 1.54) is 0 Å². The van der Waals surface area contributed by atoms with Crippen molar-refractivity contribution < 1.29 is 19.4 Å². The first-order chi connectivity index (χ1) is 9.55. The number of fused-ring (bicyclic) bond motifs is 1. The molecule has 0 bridgehead atoms. The van der Waals surface area contributed by atoms with Gasteiger partial charge in [0, 0.05) is 0 Å². The number of carboxylic acid groups (broad SMARTS) is 1. The number of ether oxygens (including phenoxy) is 1. The second-order valence-corrected chi connectivity index (χ2v) is 4.70. The molecule has 1 N–H and O–H groups in total. The highest BCUT2D eigenvalue weighted by molar-refractivity contribution is 6.42. The Labute approximate surface area is 117 Å². The molecule has 1 aliphatic heterocycles. The summed E-state index contributed by atoms with van der Waals surface area (Å²) >= 11 is 0. The lowest BCUT2D eigenvalue weighted by Crippen LogP contribution is -2.40. The van der Waals surface area contributed by atoms with E-state index in [-0.39, 0.29) is 18.7 Å². The molecule has 0 aromatic heterocycles. The van der Waals surface area contributed by atoms with Crippen LogP contribution in [0.25, 0.3) is 0 Å². The van der Waals surface area contributed by atoms with Crippen molar-refractivity contribution in [1.82, 2.24) is 0 Å². The molecule has 2 rings (SSSR count). The highest BCUT2D eigenvalue weighted by Crippen LogP contribution is 2.45. The second kappa shape index (κ2) is 5.45. The minimum absolute atomic E-state index is 0.168. The minimum Gasteiger partial charge on any atom is -0.481 e. The molecule has 1 aromatic rings. The summed E-state index contributed by atoms with van der Waals surface area (Å²) in [5.74, 6) is -1.49. The normalized spacial score (nSPS) is 20.2. The van der Waals surface area contributed by atoms with Gasteiger partial charge in [0.1, 0.15) is 5.71 Å². The van der Waals surface area contributed by atoms with E-state index < -0.39 is 17.4 Å². The maximum absolute atomic E-state index is 12.1. The number of carbonyl (C=O) groups is 2. The van der Waals surface area contributed by atoms with E-state index in [9.17, 15) is 14.7 Å². The fraction of sp³-hybridized carbons (Fsp3) is 0.400. The van der Waals surface area contributed by atoms with Gasteiger partial charge in [-0.05, 0) is 25.0 Å². The van der Waals surface area contributed by atoms with E-state index >= 15 is 0 Å². The van der Waals surface area contributed by atoms with E-state index in [0.717, 1.165) is 5.56 Å². The topological polar surface area (TPSA) is 76.0 Å². The van der Waals surface area contributed by atoms with Gasteiger partial charge in [-0.25, -0.2) is 9.79 Å². The summed E-state index contributed by atoms with van der Waals surface area (Å²) in [4.78, 5) is 27.7. The third kappa shape index (κ3) is 2.19. The van der Waals surface area contributed by atoms with Crippen LogP contribution in [0.3, 0.4) is 0 Å². The van der Waals surface area contributed by atoms with Crippen LogP contribution in [-0.2, 0) is 19.7 Å². The fourth-order valence-corrected chi connectivity index (χ4v) is 2.69. The summed E-state index contributed by atoms with van der Waals surface area (Å²) in [6, 6.07) is 7.26. The maximum atomic E-state index is 12.1. The first-order valence-corrected chi connectivity index (χ1v) is 6.62. The van der Waals surface area contributed by atoms with Crippen LogP contribution in [0, 0.1) is 0 Å². The largest absolute Gasteiger partial charge is 0.481 e. The summed E-state index contributed by atoms with van der Waals surface area (Å²) in [5.41, 5.74) is 0.742. The molecule has 0 spiro atoms. The third-order valence-electron chi connectivity index (χ3n) is 3.63. The molecule has 20 heavy (non-hydrogen) atoms. The number of carboxylic acids is 1. The molecule has 1 unspecified atom stereocenters. The Morgan fingerprint density at radius 1 is 1.30 bits per heavy atom. The van der Waals surface area contributed by atoms with Gasteiger partial charge in [0.25, 0.3) is 0 Å². The Kier molecular flexibility index (Phi) is 3.88. The van der Waals surface area contributed by atoms with Crippen molar-refractivity contribution in [3.8, 4) is 0 Å². The van der Waals surface area contributed by atoms with Crippen molar-refractivity contribution in [3.05, 3.63) is 29.8 Å². The molecule has 0 fully saturated rings. The fourth-order valence-electron chi connectivity index (χ4n) is 2.69. The molecule has 5 nitrogen and oxygen atoms in total. The van der Waals surface area contributed by atoms with Crippen molar-refractivity contribution in [2.45, 2.75) is 32.1 Å². The van der Waals surface area contributed by atoms with Crippen LogP contribution in [0.4, 0.5) is 5.69 Å². The van der Waals surface area contributed by atoms with Crippen molar-refractivity contribution >= 4 is 23.3 Å². The van der Waals surface area contributed by atoms with E-state index in [4.69, 9.17) is 4.74 Å². The predicted molar refractivity (Wildman–Crippen MR) is 74.4 cm³/mol. The monoisotopic (exact) mass is 275 g/mol. The molecule has 1 heterocycles. The van der Waals surface area contributed by atoms with Crippen LogP contribution < -0.4 is 0 Å². The van der Waals surface area contributed by atoms with Crippen molar-refractivity contribution in [2.24, 2.45) is 4.99 Å². The van der Waals surface area contributed by atoms with E-state index in [0.29, 0.717) is 12.1 Å². The second-order valence-electron chi connectivity index (χ2n) is 4.70. The van der Waals surface area contributed by atoms with Crippen molar-refractivity contribution in [3.63, 3.8) is 0 Å². The third-order valence-corrected chi connectivity index (χ3v) is 3.63. The van der Waals surface area contributed by atoms with Crippen LogP contribution in [-0.4, -0.2) is 29.4 Å². The first kappa shape index (κ1) is 14.2. The molecule has 0 saturated heterocycles. The Hall–Kier alpha value is -2.17. The van der Waals surface area contributed by atoms with Gasteiger partial charge in [-0.2, -0.15) is 0 Å². The van der Waals surface area contributed by atoms with Crippen LogP contribution in [0.1, 0.15) is 32.3 Å². The van der Waals surface area contributed by atoms with E-state index in [1.807, 2.05) is 25.1 Å². The molecule has 0 aliphatic carbocycles. The molecule has 0 radical (unpaired) electrons. The number of nitrogens with zero attached hydrogens (tertiary/aromatic N) is 1. The Bertz CT molecular complexity index is 579. The lowest BCUT2D eigenvalue weighted by atomic mass is 9.72. The Morgan fingerprint density at radius 3 is 2.60 bits per heavy atom. The highest BCUT2D eigenvalue weighted by atomic mass is 16.5. The van der Waals surface area contributed by atoms with Crippen LogP contribution >= 0.6 is 0 Å². The summed E-state index contributed by atoms with van der Waals surface area (Å²) in [7, 11) is 0. The van der Waals surface area contributed by atoms with Gasteiger partial charge >= 0.3 is 11.9 Å². The predicted octanol–water partition coefficient (Wildman–Crippen LogP) is 2.46. The standard InChI is InChI=1S/C15H17NO4/c1-3-15(9-12(17)18)10-7-5-6-8-11(10)16-13(15)14(19)20-4-2/h5-8H,3-4,9H2,1-2H3,(H,17,18). The summed E-state index contributed by atoms with van der Waals surface area (Å²) in [6.07, 6.45) is 0.312. The van der Waals surface area contributed by atoms with Crippen molar-refractivity contribution in [1.29, 1.82) is 0 Å². The number of hydrogen-bond donors (Lipinski definition) is 1. The molecular formula is C15H17NO4. The van der Waals surface area contributed by atoms with Crippen molar-refractivity contribution in [2.75, 3.05) is 6.61 Å². The van der Waals surface area contributed by atoms with Gasteiger partial charge in [0.05, 0.1) is 24.1 Å². The van der Waals surface area contributed by atoms with Gasteiger partial charge in [0.2, 0.25) is 0 Å². The summed E-state index contributed by atoms with van der Waals surface area (Å²) < 4.78 is 5.03. The molecule has 106 valence electrons. The van der Waals surface area contributed by atoms with E-state index in [2.05, 4.69) is 4.99 Å². The zero-order valence-electron chi connectivity index (χ0n) is 11.5. The van der Waals surface area contributed by atoms with Crippen LogP contribution in [0.5, 0.6) is 0 Å². The first-order valence-electron chi connectivity index (χ1n) is 6.62. The minimum atomic E-state index is -0.958. The maximum Gasteiger partial charge on any atom is 0.353 e. The molecular weight excluding hydrogens is 258 g/mol. The molecule has 1 aromatic carbocycles. The zero-order valence-corrected chi connectivity index (χ0v) is 11.5. The Balaban J connectivity index is 2.55. The number of para-hydroxylation sites is 1. The molecule has 0 amide bonds. The average molecular weight is 275 g/mol. The molecule has 1 atom stereocenters. The molecule has 0 saturated carbocycles. The SMILES string of the molecule is CCOC(=O)C1=Nc2ccccc2C1(CC)CC(=O)O. The lowest BCUT2D eigenvalue weighted by molar-refractivity contribution is -0.138. The summed E-state index contributed by atoms with van der Waals surface area (Å²) in [6.45, 7) is 3.81. The van der Waals surface area contributed by atoms with Gasteiger partial charge in [-0.15, -0.1) is 0 Å².